The third kappa shape index (κ3) is 9.55. The molecule has 0 amide bonds. The van der Waals surface area contributed by atoms with E-state index in [1.807, 2.05) is 48.5 Å². The van der Waals surface area contributed by atoms with Crippen LogP contribution in [-0.4, -0.2) is 36.2 Å². The molecule has 0 aliphatic rings. The minimum Gasteiger partial charge on any atom is -0.489 e. The van der Waals surface area contributed by atoms with E-state index in [0.717, 1.165) is 5.56 Å². The first-order chi connectivity index (χ1) is 14.4. The Kier molecular flexibility index (Phi) is 8.08. The summed E-state index contributed by atoms with van der Waals surface area (Å²) in [5, 5.41) is 0. The summed E-state index contributed by atoms with van der Waals surface area (Å²) >= 11 is 0. The summed E-state index contributed by atoms with van der Waals surface area (Å²) in [6, 6.07) is 17.1. The molecule has 0 aliphatic heterocycles. The minimum absolute atomic E-state index is 0.0847. The second-order valence-corrected chi connectivity index (χ2v) is 9.30. The Balaban J connectivity index is 2.17. The van der Waals surface area contributed by atoms with Gasteiger partial charge in [0, 0.05) is 11.8 Å². The predicted octanol–water partition coefficient (Wildman–Crippen LogP) is 4.76. The molecule has 0 aromatic heterocycles. The molecule has 0 fully saturated rings. The van der Waals surface area contributed by atoms with Crippen LogP contribution in [0.15, 0.2) is 54.6 Å². The molecule has 0 atom stereocenters. The maximum atomic E-state index is 12.5. The molecule has 0 radical (unpaired) electrons. The zero-order valence-corrected chi connectivity index (χ0v) is 19.3. The average molecular weight is 428 g/mol. The van der Waals surface area contributed by atoms with E-state index in [2.05, 4.69) is 0 Å². The van der Waals surface area contributed by atoms with Gasteiger partial charge in [0.05, 0.1) is 0 Å². The van der Waals surface area contributed by atoms with Crippen molar-refractivity contribution in [2.45, 2.75) is 59.4 Å². The van der Waals surface area contributed by atoms with Crippen LogP contribution in [0.2, 0.25) is 0 Å². The van der Waals surface area contributed by atoms with Crippen LogP contribution in [0.3, 0.4) is 0 Å². The molecule has 2 aromatic carbocycles. The Hall–Kier alpha value is -3.02. The van der Waals surface area contributed by atoms with Crippen LogP contribution in [0.25, 0.3) is 0 Å². The van der Waals surface area contributed by atoms with Crippen LogP contribution < -0.4 is 9.64 Å². The fraction of sp³-hybridized carbons (Fsp3) is 0.440. The molecule has 6 nitrogen and oxygen atoms in total. The van der Waals surface area contributed by atoms with Crippen LogP contribution in [-0.2, 0) is 25.7 Å². The summed E-state index contributed by atoms with van der Waals surface area (Å²) in [7, 11) is 0. The van der Waals surface area contributed by atoms with Gasteiger partial charge in [0.25, 0.3) is 0 Å². The van der Waals surface area contributed by atoms with E-state index in [4.69, 9.17) is 14.2 Å². The van der Waals surface area contributed by atoms with E-state index in [0.29, 0.717) is 18.0 Å². The topological polar surface area (TPSA) is 65.1 Å². The summed E-state index contributed by atoms with van der Waals surface area (Å²) in [6.07, 6.45) is 0. The van der Waals surface area contributed by atoms with Crippen molar-refractivity contribution in [3.05, 3.63) is 60.2 Å². The highest BCUT2D eigenvalue weighted by atomic mass is 16.6. The number of hydrogen-bond donors (Lipinski definition) is 0. The van der Waals surface area contributed by atoms with E-state index in [9.17, 15) is 9.59 Å². The molecule has 2 rings (SSSR count). The van der Waals surface area contributed by atoms with Gasteiger partial charge in [-0.15, -0.1) is 0 Å². The SMILES string of the molecule is CC(C)(C)OC(=O)CN(CC(=O)OC(C)(C)C)c1cccc(OCc2ccccc2)c1. The number of esters is 2. The van der Waals surface area contributed by atoms with Crippen molar-refractivity contribution in [1.82, 2.24) is 0 Å². The van der Waals surface area contributed by atoms with Crippen molar-refractivity contribution in [2.24, 2.45) is 0 Å². The average Bonchev–Trinajstić information content (AvgIpc) is 2.64. The third-order valence-corrected chi connectivity index (χ3v) is 3.91. The molecule has 0 spiro atoms. The first-order valence-corrected chi connectivity index (χ1v) is 10.4. The number of carbonyl (C=O) groups is 2. The fourth-order valence-corrected chi connectivity index (χ4v) is 2.81. The molecule has 0 N–H and O–H groups in total. The number of nitrogens with zero attached hydrogens (tertiary/aromatic N) is 1. The summed E-state index contributed by atoms with van der Waals surface area (Å²) in [5.41, 5.74) is 0.486. The van der Waals surface area contributed by atoms with Crippen molar-refractivity contribution in [3.63, 3.8) is 0 Å². The number of ether oxygens (including phenoxy) is 3. The van der Waals surface area contributed by atoms with Gasteiger partial charge in [-0.3, -0.25) is 9.59 Å². The fourth-order valence-electron chi connectivity index (χ4n) is 2.81. The molecule has 2 aromatic rings. The van der Waals surface area contributed by atoms with Gasteiger partial charge in [0.2, 0.25) is 0 Å². The van der Waals surface area contributed by atoms with Gasteiger partial charge in [-0.2, -0.15) is 0 Å². The highest BCUT2D eigenvalue weighted by Crippen LogP contribution is 2.23. The van der Waals surface area contributed by atoms with Gasteiger partial charge < -0.3 is 19.1 Å². The highest BCUT2D eigenvalue weighted by Gasteiger charge is 2.24. The highest BCUT2D eigenvalue weighted by molar-refractivity contribution is 5.82. The number of anilines is 1. The third-order valence-electron chi connectivity index (χ3n) is 3.91. The van der Waals surface area contributed by atoms with Crippen molar-refractivity contribution in [3.8, 4) is 5.75 Å². The predicted molar refractivity (Wildman–Crippen MR) is 121 cm³/mol. The Morgan fingerprint density at radius 1 is 0.774 bits per heavy atom. The van der Waals surface area contributed by atoms with Gasteiger partial charge >= 0.3 is 11.9 Å². The lowest BCUT2D eigenvalue weighted by Gasteiger charge is -2.28. The lowest BCUT2D eigenvalue weighted by atomic mass is 10.2. The van der Waals surface area contributed by atoms with Gasteiger partial charge in [-0.25, -0.2) is 0 Å². The van der Waals surface area contributed by atoms with E-state index in [1.54, 1.807) is 52.5 Å². The molecule has 31 heavy (non-hydrogen) atoms. The van der Waals surface area contributed by atoms with Crippen LogP contribution in [0.1, 0.15) is 47.1 Å². The molecule has 168 valence electrons. The standard InChI is InChI=1S/C25H33NO5/c1-24(2,3)30-22(27)16-26(17-23(28)31-25(4,5)6)20-13-10-14-21(15-20)29-18-19-11-8-7-9-12-19/h7-15H,16-18H2,1-6H3. The van der Waals surface area contributed by atoms with Crippen molar-refractivity contribution < 1.29 is 23.8 Å². The van der Waals surface area contributed by atoms with E-state index in [-0.39, 0.29) is 13.1 Å². The summed E-state index contributed by atoms with van der Waals surface area (Å²) in [6.45, 7) is 11.1. The maximum absolute atomic E-state index is 12.5. The molecule has 6 heteroatoms. The quantitative estimate of drug-likeness (QED) is 0.566. The summed E-state index contributed by atoms with van der Waals surface area (Å²) in [5.74, 6) is -0.210. The molecular formula is C25H33NO5. The normalized spacial score (nSPS) is 11.5. The lowest BCUT2D eigenvalue weighted by Crippen LogP contribution is -2.40. The number of rotatable bonds is 8. The zero-order valence-electron chi connectivity index (χ0n) is 19.3. The number of hydrogen-bond acceptors (Lipinski definition) is 6. The van der Waals surface area contributed by atoms with E-state index < -0.39 is 23.1 Å². The van der Waals surface area contributed by atoms with Crippen LogP contribution in [0.5, 0.6) is 5.75 Å². The van der Waals surface area contributed by atoms with Gasteiger partial charge in [0.1, 0.15) is 36.6 Å². The first-order valence-electron chi connectivity index (χ1n) is 10.4. The van der Waals surface area contributed by atoms with Crippen molar-refractivity contribution in [1.29, 1.82) is 0 Å². The molecular weight excluding hydrogens is 394 g/mol. The monoisotopic (exact) mass is 427 g/mol. The van der Waals surface area contributed by atoms with Crippen LogP contribution in [0, 0.1) is 0 Å². The molecule has 0 saturated heterocycles. The van der Waals surface area contributed by atoms with Gasteiger partial charge in [0.15, 0.2) is 0 Å². The lowest BCUT2D eigenvalue weighted by molar-refractivity contribution is -0.154. The summed E-state index contributed by atoms with van der Waals surface area (Å²) < 4.78 is 16.8. The zero-order chi connectivity index (χ0) is 23.1. The van der Waals surface area contributed by atoms with E-state index >= 15 is 0 Å². The molecule has 0 heterocycles. The first kappa shape index (κ1) is 24.3. The minimum atomic E-state index is -0.616. The van der Waals surface area contributed by atoms with Crippen LogP contribution in [0.4, 0.5) is 5.69 Å². The molecule has 0 unspecified atom stereocenters. The maximum Gasteiger partial charge on any atom is 0.326 e. The van der Waals surface area contributed by atoms with E-state index in [1.165, 1.54) is 0 Å². The van der Waals surface area contributed by atoms with Crippen molar-refractivity contribution in [2.75, 3.05) is 18.0 Å². The second kappa shape index (κ2) is 10.3. The summed E-state index contributed by atoms with van der Waals surface area (Å²) in [4.78, 5) is 26.6. The Bertz CT molecular complexity index is 835. The Morgan fingerprint density at radius 3 is 1.84 bits per heavy atom. The van der Waals surface area contributed by atoms with Crippen molar-refractivity contribution >= 4 is 17.6 Å². The molecule has 0 bridgehead atoms. The molecule has 0 aliphatic carbocycles. The Labute approximate surface area is 185 Å². The van der Waals surface area contributed by atoms with Gasteiger partial charge in [-0.1, -0.05) is 36.4 Å². The number of carbonyl (C=O) groups excluding carboxylic acids is 2. The molecule has 0 saturated carbocycles. The second-order valence-electron chi connectivity index (χ2n) is 9.30. The Morgan fingerprint density at radius 2 is 1.32 bits per heavy atom. The van der Waals surface area contributed by atoms with Gasteiger partial charge in [-0.05, 0) is 59.2 Å². The van der Waals surface area contributed by atoms with Crippen LogP contribution >= 0.6 is 0 Å². The number of benzene rings is 2. The smallest absolute Gasteiger partial charge is 0.326 e. The largest absolute Gasteiger partial charge is 0.489 e.